The minimum absolute atomic E-state index is 0.0112. The Bertz CT molecular complexity index is 2480. The molecular formula is C48H57N9O6. The molecule has 1 unspecified atom stereocenters. The molecular weight excluding hydrogens is 799 g/mol. The van der Waals surface area contributed by atoms with Gasteiger partial charge in [-0.05, 0) is 82.0 Å². The number of aromatic nitrogens is 2. The number of hydrogen-bond acceptors (Lipinski definition) is 10. The van der Waals surface area contributed by atoms with E-state index in [9.17, 15) is 24.4 Å². The lowest BCUT2D eigenvalue weighted by Gasteiger charge is -2.34. The number of alkyl carbamates (subject to hydrolysis) is 2. The largest absolute Gasteiger partial charge is 0.453 e. The van der Waals surface area contributed by atoms with Crippen LogP contribution < -0.4 is 16.0 Å². The van der Waals surface area contributed by atoms with Crippen LogP contribution in [-0.4, -0.2) is 102 Å². The lowest BCUT2D eigenvalue weighted by molar-refractivity contribution is -0.137. The monoisotopic (exact) mass is 855 g/mol. The van der Waals surface area contributed by atoms with Crippen molar-refractivity contribution in [3.05, 3.63) is 78.2 Å². The normalized spacial score (nSPS) is 22.3. The molecule has 0 radical (unpaired) electrons. The van der Waals surface area contributed by atoms with Gasteiger partial charge in [0.15, 0.2) is 0 Å². The fraction of sp³-hybridized carbons (Fsp3) is 0.479. The summed E-state index contributed by atoms with van der Waals surface area (Å²) in [6.45, 7) is 11.0. The molecule has 1 saturated carbocycles. The molecule has 63 heavy (non-hydrogen) atoms. The number of carbonyl (C=O) groups is 4. The average Bonchev–Trinajstić information content (AvgIpc) is 3.78. The minimum atomic E-state index is -0.860. The van der Waals surface area contributed by atoms with E-state index in [1.165, 1.54) is 14.2 Å². The van der Waals surface area contributed by atoms with Crippen molar-refractivity contribution in [2.45, 2.75) is 90.5 Å². The maximum Gasteiger partial charge on any atom is 0.407 e. The summed E-state index contributed by atoms with van der Waals surface area (Å²) < 4.78 is 9.63. The first-order valence-electron chi connectivity index (χ1n) is 21.8. The number of ether oxygens (including phenoxy) is 2. The van der Waals surface area contributed by atoms with Gasteiger partial charge in [0.05, 0.1) is 62.8 Å². The number of benzene rings is 3. The highest BCUT2D eigenvalue weighted by Gasteiger charge is 2.56. The van der Waals surface area contributed by atoms with E-state index in [2.05, 4.69) is 81.6 Å². The van der Waals surface area contributed by atoms with Crippen molar-refractivity contribution in [3.8, 4) is 28.5 Å². The average molecular weight is 856 g/mol. The number of hydrogen-bond donors (Lipinski definition) is 4. The molecule has 4 amide bonds. The maximum atomic E-state index is 14.0. The van der Waals surface area contributed by atoms with Crippen LogP contribution in [0.15, 0.2) is 71.9 Å². The Hall–Kier alpha value is -6.43. The maximum absolute atomic E-state index is 14.0. The zero-order valence-corrected chi connectivity index (χ0v) is 37.0. The predicted octanol–water partition coefficient (Wildman–Crippen LogP) is 6.89. The number of likely N-dealkylation sites (tertiary alicyclic amines) is 2. The molecule has 1 aromatic heterocycles. The summed E-state index contributed by atoms with van der Waals surface area (Å²) in [6, 6.07) is 21.3. The van der Waals surface area contributed by atoms with Crippen molar-refractivity contribution in [1.29, 1.82) is 5.26 Å². The number of amides is 4. The fourth-order valence-corrected chi connectivity index (χ4v) is 9.38. The van der Waals surface area contributed by atoms with Gasteiger partial charge in [-0.15, -0.1) is 0 Å². The molecule has 3 fully saturated rings. The molecule has 4 aliphatic rings. The molecule has 2 saturated heterocycles. The Balaban J connectivity index is 0.936. The zero-order valence-electron chi connectivity index (χ0n) is 37.0. The van der Waals surface area contributed by atoms with Gasteiger partial charge in [-0.25, -0.2) is 14.6 Å². The third kappa shape index (κ3) is 8.81. The van der Waals surface area contributed by atoms with E-state index in [-0.39, 0.29) is 47.7 Å². The Morgan fingerprint density at radius 1 is 0.873 bits per heavy atom. The highest BCUT2D eigenvalue weighted by Crippen LogP contribution is 2.55. The number of nitrogens with one attached hydrogen (secondary N) is 4. The van der Waals surface area contributed by atoms with Crippen molar-refractivity contribution in [2.75, 3.05) is 33.9 Å². The predicted molar refractivity (Wildman–Crippen MR) is 238 cm³/mol. The smallest absolute Gasteiger partial charge is 0.407 e. The van der Waals surface area contributed by atoms with Crippen molar-refractivity contribution in [2.24, 2.45) is 27.7 Å². The summed E-state index contributed by atoms with van der Waals surface area (Å²) in [7, 11) is 2.57. The van der Waals surface area contributed by atoms with Crippen molar-refractivity contribution < 1.29 is 28.7 Å². The number of amidine groups is 1. The summed E-state index contributed by atoms with van der Waals surface area (Å²) in [6.07, 6.45) is 3.95. The molecule has 4 aromatic rings. The van der Waals surface area contributed by atoms with E-state index >= 15 is 0 Å². The molecule has 0 bridgehead atoms. The lowest BCUT2D eigenvalue weighted by Crippen LogP contribution is -2.55. The number of nitrogens with zero attached hydrogens (tertiary/aromatic N) is 5. The van der Waals surface area contributed by atoms with E-state index in [0.29, 0.717) is 25.3 Å². The number of carbonyl (C=O) groups excluding carboxylic acids is 4. The zero-order chi connectivity index (χ0) is 44.8. The van der Waals surface area contributed by atoms with Gasteiger partial charge in [-0.2, -0.15) is 5.26 Å². The summed E-state index contributed by atoms with van der Waals surface area (Å²) in [5.41, 5.74) is 4.55. The van der Waals surface area contributed by atoms with E-state index in [1.807, 2.05) is 45.6 Å². The SMILES string of the molecule is COC(=O)N[C@H](C(=O)N1CC2(CC2)C[C@H]1C1=NCC(c2ccc(-c3ccc4cc(-c5cnc([C@@H]6C[C@H](C#N)CN6C(=O)[C@@H](NC(=O)OC)C(C)(C)C)[nH]5)ccc4c3)cc2)N1)C(C)C. The molecule has 8 rings (SSSR count). The molecule has 6 atom stereocenters. The number of imidazole rings is 1. The Kier molecular flexibility index (Phi) is 11.7. The molecule has 4 heterocycles. The molecule has 15 nitrogen and oxygen atoms in total. The molecule has 3 aliphatic heterocycles. The number of rotatable bonds is 10. The van der Waals surface area contributed by atoms with Gasteiger partial charge in [0.1, 0.15) is 23.7 Å². The molecule has 4 N–H and O–H groups in total. The van der Waals surface area contributed by atoms with Crippen LogP contribution in [0.1, 0.15) is 83.8 Å². The van der Waals surface area contributed by atoms with Gasteiger partial charge in [-0.3, -0.25) is 14.6 Å². The van der Waals surface area contributed by atoms with Gasteiger partial charge in [-0.1, -0.05) is 83.1 Å². The van der Waals surface area contributed by atoms with Gasteiger partial charge >= 0.3 is 12.2 Å². The molecule has 3 aromatic carbocycles. The highest BCUT2D eigenvalue weighted by molar-refractivity contribution is 5.96. The van der Waals surface area contributed by atoms with Crippen molar-refractivity contribution >= 4 is 40.6 Å². The highest BCUT2D eigenvalue weighted by atomic mass is 16.5. The minimum Gasteiger partial charge on any atom is -0.453 e. The van der Waals surface area contributed by atoms with Gasteiger partial charge in [0.25, 0.3) is 0 Å². The van der Waals surface area contributed by atoms with Crippen LogP contribution in [0.5, 0.6) is 0 Å². The van der Waals surface area contributed by atoms with Crippen LogP contribution in [0, 0.1) is 34.0 Å². The first kappa shape index (κ1) is 43.2. The first-order valence-corrected chi connectivity index (χ1v) is 21.8. The number of H-pyrrole nitrogens is 1. The number of aromatic amines is 1. The Morgan fingerprint density at radius 3 is 2.16 bits per heavy atom. The van der Waals surface area contributed by atoms with Crippen LogP contribution in [0.2, 0.25) is 0 Å². The van der Waals surface area contributed by atoms with E-state index in [1.54, 1.807) is 11.1 Å². The number of methoxy groups -OCH3 is 2. The topological polar surface area (TPSA) is 194 Å². The summed E-state index contributed by atoms with van der Waals surface area (Å²) >= 11 is 0. The van der Waals surface area contributed by atoms with Crippen LogP contribution in [0.25, 0.3) is 33.2 Å². The van der Waals surface area contributed by atoms with Gasteiger partial charge in [0.2, 0.25) is 11.8 Å². The van der Waals surface area contributed by atoms with Gasteiger partial charge < -0.3 is 40.2 Å². The van der Waals surface area contributed by atoms with Crippen LogP contribution in [-0.2, 0) is 19.1 Å². The molecule has 1 spiro atoms. The molecule has 15 heteroatoms. The van der Waals surface area contributed by atoms with E-state index in [0.717, 1.165) is 63.8 Å². The van der Waals surface area contributed by atoms with E-state index in [4.69, 9.17) is 19.5 Å². The Morgan fingerprint density at radius 2 is 1.52 bits per heavy atom. The fourth-order valence-electron chi connectivity index (χ4n) is 9.38. The standard InChI is InChI=1S/C48H57N9O6/c1-27(2)39(54-45(60)62-6)43(58)57-26-48(16-17-48)21-38(57)42-51-23-35(52-42)30-10-8-29(9-11-30)31-12-13-33-20-34(15-14-32(33)19-31)36-24-50-41(53-36)37-18-28(22-49)25-56(37)44(59)40(47(3,4)5)55-46(61)63-7/h8-15,19-20,24,27-28,35,37-40H,16-18,21,23,25-26H2,1-7H3,(H,50,53)(H,51,52)(H,54,60)(H,55,61)/t28-,35?,37+,38+,39+,40-/m1/s1. The molecule has 330 valence electrons. The number of fused-ring (bicyclic) bond motifs is 1. The van der Waals surface area contributed by atoms with Crippen LogP contribution in [0.3, 0.4) is 0 Å². The Labute approximate surface area is 368 Å². The first-order chi connectivity index (χ1) is 30.1. The van der Waals surface area contributed by atoms with Crippen molar-refractivity contribution in [1.82, 2.24) is 35.7 Å². The second-order valence-corrected chi connectivity index (χ2v) is 19.1. The van der Waals surface area contributed by atoms with Crippen LogP contribution >= 0.6 is 0 Å². The summed E-state index contributed by atoms with van der Waals surface area (Å²) in [4.78, 5) is 68.8. The van der Waals surface area contributed by atoms with E-state index < -0.39 is 35.7 Å². The summed E-state index contributed by atoms with van der Waals surface area (Å²) in [5.74, 6) is 0.568. The second kappa shape index (κ2) is 17.0. The van der Waals surface area contributed by atoms with Gasteiger partial charge in [0, 0.05) is 18.7 Å². The molecule has 1 aliphatic carbocycles. The van der Waals surface area contributed by atoms with Crippen molar-refractivity contribution in [3.63, 3.8) is 0 Å². The second-order valence-electron chi connectivity index (χ2n) is 19.1. The third-order valence-electron chi connectivity index (χ3n) is 13.3. The lowest BCUT2D eigenvalue weighted by atomic mass is 9.85. The van der Waals surface area contributed by atoms with Crippen LogP contribution in [0.4, 0.5) is 9.59 Å². The quantitative estimate of drug-likeness (QED) is 0.132. The summed E-state index contributed by atoms with van der Waals surface area (Å²) in [5, 5.41) is 21.1. The third-order valence-corrected chi connectivity index (χ3v) is 13.3. The number of nitriles is 1. The number of aliphatic imine (C=N–C) groups is 1.